The maximum Gasteiger partial charge on any atom is 0.269 e. The first kappa shape index (κ1) is 24.9. The topological polar surface area (TPSA) is 104 Å². The van der Waals surface area contributed by atoms with Gasteiger partial charge in [-0.15, -0.1) is 0 Å². The van der Waals surface area contributed by atoms with Gasteiger partial charge in [0.25, 0.3) is 15.9 Å². The summed E-state index contributed by atoms with van der Waals surface area (Å²) < 4.78 is 26.5. The van der Waals surface area contributed by atoms with E-state index in [-0.39, 0.29) is 29.0 Å². The third-order valence-corrected chi connectivity index (χ3v) is 8.57. The van der Waals surface area contributed by atoms with Crippen LogP contribution in [-0.4, -0.2) is 54.0 Å². The third kappa shape index (κ3) is 5.24. The molecule has 2 aliphatic rings. The van der Waals surface area contributed by atoms with Crippen molar-refractivity contribution in [3.05, 3.63) is 65.2 Å². The molecule has 0 radical (unpaired) electrons. The third-order valence-electron chi connectivity index (χ3n) is 6.78. The lowest BCUT2D eigenvalue weighted by molar-refractivity contribution is -0.140. The SMILES string of the molecule is Cc1ccc(CN(C(=O)CN2C(=O)c3ccccc3S2(=O)=O)[C@H](C)C(=O)NC2CCCCC2)cc1. The molecule has 1 heterocycles. The molecule has 1 fully saturated rings. The summed E-state index contributed by atoms with van der Waals surface area (Å²) in [6, 6.07) is 12.7. The van der Waals surface area contributed by atoms with Crippen molar-refractivity contribution in [3.8, 4) is 0 Å². The molecule has 0 spiro atoms. The number of aryl methyl sites for hydroxylation is 1. The molecule has 2 aromatic rings. The summed E-state index contributed by atoms with van der Waals surface area (Å²) in [5, 5.41) is 3.05. The number of hydrogen-bond donors (Lipinski definition) is 1. The molecule has 1 N–H and O–H groups in total. The van der Waals surface area contributed by atoms with E-state index in [2.05, 4.69) is 5.32 Å². The van der Waals surface area contributed by atoms with Crippen molar-refractivity contribution < 1.29 is 22.8 Å². The highest BCUT2D eigenvalue weighted by Gasteiger charge is 2.43. The molecule has 4 rings (SSSR count). The number of carbonyl (C=O) groups is 3. The number of hydrogen-bond acceptors (Lipinski definition) is 5. The van der Waals surface area contributed by atoms with E-state index in [1.165, 1.54) is 23.1 Å². The zero-order chi connectivity index (χ0) is 25.2. The number of sulfonamides is 1. The summed E-state index contributed by atoms with van der Waals surface area (Å²) in [5.41, 5.74) is 1.91. The molecule has 2 aromatic carbocycles. The highest BCUT2D eigenvalue weighted by Crippen LogP contribution is 2.30. The molecule has 1 aliphatic carbocycles. The van der Waals surface area contributed by atoms with Gasteiger partial charge in [-0.05, 0) is 44.4 Å². The van der Waals surface area contributed by atoms with Crippen LogP contribution in [0.15, 0.2) is 53.4 Å². The maximum absolute atomic E-state index is 13.5. The first-order chi connectivity index (χ1) is 16.7. The smallest absolute Gasteiger partial charge is 0.269 e. The minimum Gasteiger partial charge on any atom is -0.352 e. The second kappa shape index (κ2) is 10.2. The average molecular weight is 498 g/mol. The van der Waals surface area contributed by atoms with Crippen LogP contribution in [0.25, 0.3) is 0 Å². The molecular weight excluding hydrogens is 466 g/mol. The van der Waals surface area contributed by atoms with Gasteiger partial charge in [-0.1, -0.05) is 61.2 Å². The van der Waals surface area contributed by atoms with E-state index in [9.17, 15) is 22.8 Å². The molecule has 0 aromatic heterocycles. The van der Waals surface area contributed by atoms with Crippen molar-refractivity contribution in [2.75, 3.05) is 6.54 Å². The first-order valence-corrected chi connectivity index (χ1v) is 13.4. The van der Waals surface area contributed by atoms with Gasteiger partial charge in [-0.2, -0.15) is 0 Å². The van der Waals surface area contributed by atoms with Crippen LogP contribution in [-0.2, 0) is 26.2 Å². The number of nitrogens with zero attached hydrogens (tertiary/aromatic N) is 2. The lowest BCUT2D eigenvalue weighted by Gasteiger charge is -2.32. The van der Waals surface area contributed by atoms with E-state index < -0.39 is 34.4 Å². The molecule has 35 heavy (non-hydrogen) atoms. The fourth-order valence-electron chi connectivity index (χ4n) is 4.64. The summed E-state index contributed by atoms with van der Waals surface area (Å²) in [6.07, 6.45) is 5.08. The van der Waals surface area contributed by atoms with Gasteiger partial charge in [0.15, 0.2) is 0 Å². The van der Waals surface area contributed by atoms with Gasteiger partial charge in [0.2, 0.25) is 11.8 Å². The van der Waals surface area contributed by atoms with Crippen LogP contribution in [0, 0.1) is 6.92 Å². The Bertz CT molecular complexity index is 1220. The van der Waals surface area contributed by atoms with Crippen molar-refractivity contribution in [3.63, 3.8) is 0 Å². The summed E-state index contributed by atoms with van der Waals surface area (Å²) in [7, 11) is -4.14. The number of rotatable bonds is 7. The molecule has 9 heteroatoms. The highest BCUT2D eigenvalue weighted by molar-refractivity contribution is 7.90. The Labute approximate surface area is 206 Å². The van der Waals surface area contributed by atoms with Crippen molar-refractivity contribution in [1.29, 1.82) is 0 Å². The van der Waals surface area contributed by atoms with Crippen molar-refractivity contribution in [2.45, 2.75) is 69.5 Å². The van der Waals surface area contributed by atoms with E-state index in [4.69, 9.17) is 0 Å². The molecule has 0 bridgehead atoms. The molecule has 1 saturated carbocycles. The van der Waals surface area contributed by atoms with Crippen LogP contribution in [0.4, 0.5) is 0 Å². The standard InChI is InChI=1S/C26H31N3O5S/c1-18-12-14-20(15-13-18)16-28(19(2)25(31)27-21-8-4-3-5-9-21)24(30)17-29-26(32)22-10-6-7-11-23(22)35(29,33)34/h6-7,10-15,19,21H,3-5,8-9,16-17H2,1-2H3,(H,27,31)/t19-/m1/s1. The Morgan fingerprint density at radius 3 is 2.37 bits per heavy atom. The quantitative estimate of drug-likeness (QED) is 0.633. The van der Waals surface area contributed by atoms with Gasteiger partial charge in [0, 0.05) is 12.6 Å². The molecule has 8 nitrogen and oxygen atoms in total. The minimum absolute atomic E-state index is 0.0495. The number of benzene rings is 2. The average Bonchev–Trinajstić information content (AvgIpc) is 3.04. The number of amides is 3. The Kier molecular flexibility index (Phi) is 7.25. The second-order valence-electron chi connectivity index (χ2n) is 9.34. The van der Waals surface area contributed by atoms with E-state index in [1.807, 2.05) is 31.2 Å². The van der Waals surface area contributed by atoms with E-state index >= 15 is 0 Å². The van der Waals surface area contributed by atoms with E-state index in [1.54, 1.807) is 13.0 Å². The molecule has 3 amide bonds. The fraction of sp³-hybridized carbons (Fsp3) is 0.423. The Morgan fingerprint density at radius 2 is 1.71 bits per heavy atom. The summed E-state index contributed by atoms with van der Waals surface area (Å²) in [5.74, 6) is -1.62. The van der Waals surface area contributed by atoms with Crippen molar-refractivity contribution in [2.24, 2.45) is 0 Å². The van der Waals surface area contributed by atoms with Gasteiger partial charge in [-0.25, -0.2) is 12.7 Å². The summed E-state index contributed by atoms with van der Waals surface area (Å²) in [6.45, 7) is 3.05. The molecule has 1 aliphatic heterocycles. The van der Waals surface area contributed by atoms with Gasteiger partial charge in [0.05, 0.1) is 5.56 Å². The monoisotopic (exact) mass is 497 g/mol. The zero-order valence-corrected chi connectivity index (χ0v) is 20.9. The van der Waals surface area contributed by atoms with Crippen molar-refractivity contribution >= 4 is 27.7 Å². The first-order valence-electron chi connectivity index (χ1n) is 12.0. The predicted octanol–water partition coefficient (Wildman–Crippen LogP) is 3.01. The predicted molar refractivity (Wildman–Crippen MR) is 131 cm³/mol. The summed E-state index contributed by atoms with van der Waals surface area (Å²) >= 11 is 0. The zero-order valence-electron chi connectivity index (χ0n) is 20.1. The van der Waals surface area contributed by atoms with Crippen LogP contribution in [0.5, 0.6) is 0 Å². The minimum atomic E-state index is -4.14. The van der Waals surface area contributed by atoms with Gasteiger partial charge < -0.3 is 10.2 Å². The number of carbonyl (C=O) groups excluding carboxylic acids is 3. The van der Waals surface area contributed by atoms with Gasteiger partial charge in [-0.3, -0.25) is 14.4 Å². The van der Waals surface area contributed by atoms with Crippen molar-refractivity contribution in [1.82, 2.24) is 14.5 Å². The van der Waals surface area contributed by atoms with Crippen LogP contribution in [0.1, 0.15) is 60.5 Å². The van der Waals surface area contributed by atoms with E-state index in [0.717, 1.165) is 43.2 Å². The summed E-state index contributed by atoms with van der Waals surface area (Å²) in [4.78, 5) is 40.7. The van der Waals surface area contributed by atoms with Gasteiger partial charge in [0.1, 0.15) is 17.5 Å². The lowest BCUT2D eigenvalue weighted by atomic mass is 9.95. The Hall–Kier alpha value is -3.20. The number of fused-ring (bicyclic) bond motifs is 1. The van der Waals surface area contributed by atoms with Crippen LogP contribution < -0.4 is 5.32 Å². The lowest BCUT2D eigenvalue weighted by Crippen LogP contribution is -2.52. The molecule has 1 atom stereocenters. The normalized spacial score (nSPS) is 18.1. The Morgan fingerprint density at radius 1 is 1.06 bits per heavy atom. The van der Waals surface area contributed by atoms with E-state index in [0.29, 0.717) is 4.31 Å². The van der Waals surface area contributed by atoms with Crippen LogP contribution >= 0.6 is 0 Å². The molecule has 0 saturated heterocycles. The second-order valence-corrected chi connectivity index (χ2v) is 11.2. The largest absolute Gasteiger partial charge is 0.352 e. The number of nitrogens with one attached hydrogen (secondary N) is 1. The van der Waals surface area contributed by atoms with Crippen LogP contribution in [0.3, 0.4) is 0 Å². The maximum atomic E-state index is 13.5. The molecule has 186 valence electrons. The van der Waals surface area contributed by atoms with Gasteiger partial charge >= 0.3 is 0 Å². The fourth-order valence-corrected chi connectivity index (χ4v) is 6.16. The molecule has 0 unspecified atom stereocenters. The van der Waals surface area contributed by atoms with Crippen LogP contribution in [0.2, 0.25) is 0 Å². The molecular formula is C26H31N3O5S. The Balaban J connectivity index is 1.56. The highest BCUT2D eigenvalue weighted by atomic mass is 32.2.